The first-order chi connectivity index (χ1) is 11.7. The maximum Gasteiger partial charge on any atom is 0.314 e. The zero-order valence-corrected chi connectivity index (χ0v) is 16.6. The van der Waals surface area contributed by atoms with Crippen molar-refractivity contribution in [2.45, 2.75) is 86.2 Å². The zero-order chi connectivity index (χ0) is 19.1. The normalized spacial score (nSPS) is 28.9. The van der Waals surface area contributed by atoms with E-state index in [2.05, 4.69) is 0 Å². The molecule has 1 rings (SSSR count). The van der Waals surface area contributed by atoms with Crippen LogP contribution in [0.5, 0.6) is 0 Å². The minimum Gasteiger partial charge on any atom is -0.436 e. The van der Waals surface area contributed by atoms with Crippen LogP contribution in [0, 0.1) is 10.8 Å². The first-order valence-electron chi connectivity index (χ1n) is 9.38. The van der Waals surface area contributed by atoms with Crippen molar-refractivity contribution in [1.29, 1.82) is 0 Å². The van der Waals surface area contributed by atoms with E-state index >= 15 is 0 Å². The number of hydrogen-bond donors (Lipinski definition) is 0. The van der Waals surface area contributed by atoms with Crippen LogP contribution >= 0.6 is 0 Å². The van der Waals surface area contributed by atoms with E-state index in [9.17, 15) is 9.59 Å². The molecule has 0 radical (unpaired) electrons. The van der Waals surface area contributed by atoms with Crippen molar-refractivity contribution < 1.29 is 28.5 Å². The van der Waals surface area contributed by atoms with Gasteiger partial charge in [-0.25, -0.2) is 0 Å². The molecule has 6 heteroatoms. The Balaban J connectivity index is 2.86. The number of hydrogen-bond acceptors (Lipinski definition) is 6. The predicted octanol–water partition coefficient (Wildman–Crippen LogP) is 3.81. The molecule has 0 bridgehead atoms. The van der Waals surface area contributed by atoms with E-state index in [1.807, 2.05) is 27.7 Å². The number of rotatable bonds is 9. The van der Waals surface area contributed by atoms with Gasteiger partial charge in [-0.2, -0.15) is 0 Å². The highest BCUT2D eigenvalue weighted by Crippen LogP contribution is 2.50. The standard InChI is InChI=1S/C19H34O6/c1-7-19(17(21)25-15(5)23-9-3)12-10-11-18(6,13-19)16(20)24-14(4)22-8-2/h14-15H,7-13H2,1-6H3. The van der Waals surface area contributed by atoms with Gasteiger partial charge in [0.15, 0.2) is 12.6 Å². The molecule has 4 unspecified atom stereocenters. The fourth-order valence-electron chi connectivity index (χ4n) is 3.64. The van der Waals surface area contributed by atoms with Crippen LogP contribution in [0.15, 0.2) is 0 Å². The molecule has 0 saturated heterocycles. The van der Waals surface area contributed by atoms with Crippen LogP contribution in [0.25, 0.3) is 0 Å². The number of esters is 2. The van der Waals surface area contributed by atoms with E-state index in [0.29, 0.717) is 38.9 Å². The third kappa shape index (κ3) is 5.68. The van der Waals surface area contributed by atoms with Crippen LogP contribution in [0.1, 0.15) is 73.6 Å². The summed E-state index contributed by atoms with van der Waals surface area (Å²) >= 11 is 0. The van der Waals surface area contributed by atoms with Crippen molar-refractivity contribution in [3.63, 3.8) is 0 Å². The third-order valence-electron chi connectivity index (χ3n) is 5.06. The lowest BCUT2D eigenvalue weighted by Crippen LogP contribution is -2.46. The fourth-order valence-corrected chi connectivity index (χ4v) is 3.64. The summed E-state index contributed by atoms with van der Waals surface area (Å²) in [5.74, 6) is -0.593. The lowest BCUT2D eigenvalue weighted by atomic mass is 9.61. The summed E-state index contributed by atoms with van der Waals surface area (Å²) in [6.07, 6.45) is 2.06. The quantitative estimate of drug-likeness (QED) is 0.461. The largest absolute Gasteiger partial charge is 0.436 e. The molecule has 0 aromatic rings. The maximum absolute atomic E-state index is 12.8. The van der Waals surface area contributed by atoms with Crippen molar-refractivity contribution >= 4 is 11.9 Å². The summed E-state index contributed by atoms with van der Waals surface area (Å²) in [7, 11) is 0. The van der Waals surface area contributed by atoms with E-state index in [1.54, 1.807) is 13.8 Å². The lowest BCUT2D eigenvalue weighted by molar-refractivity contribution is -0.198. The second-order valence-electron chi connectivity index (χ2n) is 7.08. The van der Waals surface area contributed by atoms with Gasteiger partial charge in [0.05, 0.1) is 10.8 Å². The van der Waals surface area contributed by atoms with Gasteiger partial charge in [-0.1, -0.05) is 13.3 Å². The first-order valence-corrected chi connectivity index (χ1v) is 9.38. The second kappa shape index (κ2) is 9.53. The average molecular weight is 358 g/mol. The van der Waals surface area contributed by atoms with Gasteiger partial charge in [0.25, 0.3) is 0 Å². The zero-order valence-electron chi connectivity index (χ0n) is 16.6. The van der Waals surface area contributed by atoms with Gasteiger partial charge in [-0.05, 0) is 60.3 Å². The maximum atomic E-state index is 12.8. The summed E-state index contributed by atoms with van der Waals surface area (Å²) in [6.45, 7) is 11.9. The Morgan fingerprint density at radius 2 is 1.44 bits per heavy atom. The van der Waals surface area contributed by atoms with E-state index in [0.717, 1.165) is 6.42 Å². The summed E-state index contributed by atoms with van der Waals surface area (Å²) < 4.78 is 21.5. The molecule has 0 spiro atoms. The van der Waals surface area contributed by atoms with E-state index < -0.39 is 23.4 Å². The molecule has 0 N–H and O–H groups in total. The molecule has 1 aliphatic rings. The van der Waals surface area contributed by atoms with Crippen LogP contribution in [-0.4, -0.2) is 37.7 Å². The Kier molecular flexibility index (Phi) is 8.35. The summed E-state index contributed by atoms with van der Waals surface area (Å²) in [4.78, 5) is 25.5. The van der Waals surface area contributed by atoms with E-state index in [4.69, 9.17) is 18.9 Å². The molecule has 4 atom stereocenters. The fraction of sp³-hybridized carbons (Fsp3) is 0.895. The highest BCUT2D eigenvalue weighted by atomic mass is 16.7. The third-order valence-corrected chi connectivity index (χ3v) is 5.06. The van der Waals surface area contributed by atoms with Crippen LogP contribution < -0.4 is 0 Å². The van der Waals surface area contributed by atoms with Crippen LogP contribution in [-0.2, 0) is 28.5 Å². The smallest absolute Gasteiger partial charge is 0.314 e. The molecule has 0 aromatic carbocycles. The number of carbonyl (C=O) groups excluding carboxylic acids is 2. The van der Waals surface area contributed by atoms with Gasteiger partial charge in [0.1, 0.15) is 0 Å². The highest BCUT2D eigenvalue weighted by Gasteiger charge is 2.51. The van der Waals surface area contributed by atoms with Gasteiger partial charge in [-0.15, -0.1) is 0 Å². The Labute approximate surface area is 151 Å². The Morgan fingerprint density at radius 1 is 0.920 bits per heavy atom. The molecule has 25 heavy (non-hydrogen) atoms. The van der Waals surface area contributed by atoms with Crippen molar-refractivity contribution in [3.8, 4) is 0 Å². The Morgan fingerprint density at radius 3 is 1.92 bits per heavy atom. The molecular formula is C19H34O6. The van der Waals surface area contributed by atoms with Gasteiger partial charge >= 0.3 is 11.9 Å². The average Bonchev–Trinajstić information content (AvgIpc) is 2.55. The van der Waals surface area contributed by atoms with Gasteiger partial charge in [0, 0.05) is 13.2 Å². The number of carbonyl (C=O) groups is 2. The van der Waals surface area contributed by atoms with Gasteiger partial charge in [0.2, 0.25) is 0 Å². The Hall–Kier alpha value is -1.14. The first kappa shape index (κ1) is 21.9. The lowest BCUT2D eigenvalue weighted by Gasteiger charge is -2.43. The van der Waals surface area contributed by atoms with Crippen molar-refractivity contribution in [3.05, 3.63) is 0 Å². The monoisotopic (exact) mass is 358 g/mol. The molecule has 146 valence electrons. The van der Waals surface area contributed by atoms with Crippen molar-refractivity contribution in [1.82, 2.24) is 0 Å². The Bertz CT molecular complexity index is 451. The molecule has 0 aliphatic heterocycles. The number of ether oxygens (including phenoxy) is 4. The van der Waals surface area contributed by atoms with Crippen molar-refractivity contribution in [2.24, 2.45) is 10.8 Å². The van der Waals surface area contributed by atoms with Gasteiger partial charge < -0.3 is 18.9 Å². The second-order valence-corrected chi connectivity index (χ2v) is 7.08. The summed E-state index contributed by atoms with van der Waals surface area (Å²) in [5.41, 5.74) is -1.39. The van der Waals surface area contributed by atoms with Crippen molar-refractivity contribution in [2.75, 3.05) is 13.2 Å². The predicted molar refractivity (Wildman–Crippen MR) is 93.7 cm³/mol. The van der Waals surface area contributed by atoms with Gasteiger partial charge in [-0.3, -0.25) is 9.59 Å². The SMILES string of the molecule is CCOC(C)OC(=O)C1(C)CCCC(CC)(C(=O)OC(C)OCC)C1. The molecular weight excluding hydrogens is 324 g/mol. The van der Waals surface area contributed by atoms with Crippen LogP contribution in [0.4, 0.5) is 0 Å². The molecule has 6 nitrogen and oxygen atoms in total. The molecule has 1 aliphatic carbocycles. The summed E-state index contributed by atoms with van der Waals surface area (Å²) in [5, 5.41) is 0. The molecule has 0 aromatic heterocycles. The van der Waals surface area contributed by atoms with E-state index in [-0.39, 0.29) is 11.9 Å². The minimum absolute atomic E-state index is 0.285. The highest BCUT2D eigenvalue weighted by molar-refractivity contribution is 5.81. The van der Waals surface area contributed by atoms with E-state index in [1.165, 1.54) is 0 Å². The van der Waals surface area contributed by atoms with Crippen LogP contribution in [0.3, 0.4) is 0 Å². The van der Waals surface area contributed by atoms with Crippen LogP contribution in [0.2, 0.25) is 0 Å². The summed E-state index contributed by atoms with van der Waals surface area (Å²) in [6, 6.07) is 0. The molecule has 1 saturated carbocycles. The molecule has 1 fully saturated rings. The molecule has 0 amide bonds. The minimum atomic E-state index is -0.715. The topological polar surface area (TPSA) is 71.1 Å². The molecule has 0 heterocycles.